The van der Waals surface area contributed by atoms with E-state index in [0.29, 0.717) is 12.5 Å². The van der Waals surface area contributed by atoms with Gasteiger partial charge in [0, 0.05) is 18.3 Å². The number of hydrogen-bond donors (Lipinski definition) is 2. The lowest BCUT2D eigenvalue weighted by atomic mass is 10.0. The number of pyridine rings is 1. The summed E-state index contributed by atoms with van der Waals surface area (Å²) in [5.74, 6) is 1.15. The predicted molar refractivity (Wildman–Crippen MR) is 49.9 cm³/mol. The molecular formula is C8H12N2S. The fourth-order valence-corrected chi connectivity index (χ4v) is 1.31. The van der Waals surface area contributed by atoms with Gasteiger partial charge in [-0.2, -0.15) is 12.6 Å². The average Bonchev–Trinajstić information content (AvgIpc) is 2.09. The van der Waals surface area contributed by atoms with E-state index in [9.17, 15) is 0 Å². The van der Waals surface area contributed by atoms with Gasteiger partial charge in [0.05, 0.1) is 0 Å². The second-order valence-corrected chi connectivity index (χ2v) is 2.76. The van der Waals surface area contributed by atoms with Crippen LogP contribution in [0, 0.1) is 0 Å². The fourth-order valence-electron chi connectivity index (χ4n) is 0.952. The summed E-state index contributed by atoms with van der Waals surface area (Å²) in [7, 11) is 0. The van der Waals surface area contributed by atoms with Crippen LogP contribution in [0.5, 0.6) is 0 Å². The highest BCUT2D eigenvalue weighted by molar-refractivity contribution is 7.80. The van der Waals surface area contributed by atoms with E-state index >= 15 is 0 Å². The molecule has 0 saturated heterocycles. The maximum atomic E-state index is 5.55. The Balaban J connectivity index is 2.74. The number of thiol groups is 1. The molecule has 0 aliphatic carbocycles. The van der Waals surface area contributed by atoms with Crippen LogP contribution in [-0.2, 0) is 0 Å². The molecule has 1 atom stereocenters. The maximum absolute atomic E-state index is 5.55. The minimum Gasteiger partial charge on any atom is -0.330 e. The van der Waals surface area contributed by atoms with Gasteiger partial charge in [-0.3, -0.25) is 4.98 Å². The summed E-state index contributed by atoms with van der Waals surface area (Å²) in [6.07, 6.45) is 3.56. The highest BCUT2D eigenvalue weighted by atomic mass is 32.1. The Morgan fingerprint density at radius 1 is 1.45 bits per heavy atom. The number of aromatic nitrogens is 1. The molecular weight excluding hydrogens is 156 g/mol. The summed E-state index contributed by atoms with van der Waals surface area (Å²) in [5.41, 5.74) is 6.77. The van der Waals surface area contributed by atoms with Crippen LogP contribution < -0.4 is 5.73 Å². The standard InChI is InChI=1S/C8H12N2S/c9-5-8(6-11)7-1-3-10-4-2-7/h1-4,8,11H,5-6,9H2. The van der Waals surface area contributed by atoms with Crippen molar-refractivity contribution in [3.05, 3.63) is 30.1 Å². The predicted octanol–water partition coefficient (Wildman–Crippen LogP) is 1.05. The van der Waals surface area contributed by atoms with E-state index in [4.69, 9.17) is 5.73 Å². The summed E-state index contributed by atoms with van der Waals surface area (Å²) in [4.78, 5) is 3.93. The third-order valence-corrected chi connectivity index (χ3v) is 2.12. The lowest BCUT2D eigenvalue weighted by molar-refractivity contribution is 0.785. The van der Waals surface area contributed by atoms with Gasteiger partial charge in [-0.15, -0.1) is 0 Å². The average molecular weight is 168 g/mol. The lowest BCUT2D eigenvalue weighted by Gasteiger charge is -2.10. The third kappa shape index (κ3) is 2.20. The first-order valence-electron chi connectivity index (χ1n) is 3.59. The molecule has 1 aromatic heterocycles. The largest absolute Gasteiger partial charge is 0.330 e. The quantitative estimate of drug-likeness (QED) is 0.662. The van der Waals surface area contributed by atoms with Gasteiger partial charge in [0.2, 0.25) is 0 Å². The van der Waals surface area contributed by atoms with E-state index in [1.54, 1.807) is 12.4 Å². The molecule has 0 aliphatic rings. The highest BCUT2D eigenvalue weighted by Gasteiger charge is 2.05. The van der Waals surface area contributed by atoms with Gasteiger partial charge in [-0.1, -0.05) is 0 Å². The zero-order valence-electron chi connectivity index (χ0n) is 6.27. The van der Waals surface area contributed by atoms with Crippen molar-refractivity contribution in [2.45, 2.75) is 5.92 Å². The van der Waals surface area contributed by atoms with E-state index in [0.717, 1.165) is 5.75 Å². The van der Waals surface area contributed by atoms with Crippen LogP contribution >= 0.6 is 12.6 Å². The molecule has 0 amide bonds. The van der Waals surface area contributed by atoms with E-state index in [-0.39, 0.29) is 0 Å². The van der Waals surface area contributed by atoms with Crippen LogP contribution in [0.15, 0.2) is 24.5 Å². The van der Waals surface area contributed by atoms with Crippen molar-refractivity contribution in [2.24, 2.45) is 5.73 Å². The van der Waals surface area contributed by atoms with Crippen LogP contribution in [0.1, 0.15) is 11.5 Å². The molecule has 60 valence electrons. The van der Waals surface area contributed by atoms with Gasteiger partial charge in [-0.25, -0.2) is 0 Å². The zero-order valence-corrected chi connectivity index (χ0v) is 7.17. The van der Waals surface area contributed by atoms with Gasteiger partial charge < -0.3 is 5.73 Å². The van der Waals surface area contributed by atoms with E-state index < -0.39 is 0 Å². The summed E-state index contributed by atoms with van der Waals surface area (Å²) in [6.45, 7) is 0.646. The lowest BCUT2D eigenvalue weighted by Crippen LogP contribution is -2.13. The number of rotatable bonds is 3. The monoisotopic (exact) mass is 168 g/mol. The van der Waals surface area contributed by atoms with Crippen LogP contribution in [0.4, 0.5) is 0 Å². The van der Waals surface area contributed by atoms with Crippen molar-refractivity contribution >= 4 is 12.6 Å². The molecule has 11 heavy (non-hydrogen) atoms. The van der Waals surface area contributed by atoms with Crippen LogP contribution in [0.2, 0.25) is 0 Å². The summed E-state index contributed by atoms with van der Waals surface area (Å²) in [5, 5.41) is 0. The number of nitrogens with zero attached hydrogens (tertiary/aromatic N) is 1. The Kier molecular flexibility index (Phi) is 3.39. The highest BCUT2D eigenvalue weighted by Crippen LogP contribution is 2.13. The summed E-state index contributed by atoms with van der Waals surface area (Å²) >= 11 is 4.21. The Morgan fingerprint density at radius 3 is 2.55 bits per heavy atom. The van der Waals surface area contributed by atoms with Crippen LogP contribution in [0.3, 0.4) is 0 Å². The van der Waals surface area contributed by atoms with Crippen LogP contribution in [-0.4, -0.2) is 17.3 Å². The minimum atomic E-state index is 0.362. The first-order valence-corrected chi connectivity index (χ1v) is 4.22. The molecule has 2 N–H and O–H groups in total. The molecule has 0 radical (unpaired) electrons. The number of hydrogen-bond acceptors (Lipinski definition) is 3. The van der Waals surface area contributed by atoms with Gasteiger partial charge in [-0.05, 0) is 30.0 Å². The molecule has 0 saturated carbocycles. The smallest absolute Gasteiger partial charge is 0.0270 e. The molecule has 3 heteroatoms. The van der Waals surface area contributed by atoms with Crippen molar-refractivity contribution in [1.29, 1.82) is 0 Å². The Morgan fingerprint density at radius 2 is 2.09 bits per heavy atom. The maximum Gasteiger partial charge on any atom is 0.0270 e. The molecule has 1 rings (SSSR count). The number of nitrogens with two attached hydrogens (primary N) is 1. The molecule has 0 fully saturated rings. The molecule has 1 heterocycles. The molecule has 0 aliphatic heterocycles. The normalized spacial score (nSPS) is 12.9. The van der Waals surface area contributed by atoms with E-state index in [2.05, 4.69) is 17.6 Å². The topological polar surface area (TPSA) is 38.9 Å². The SMILES string of the molecule is NCC(CS)c1ccncc1. The van der Waals surface area contributed by atoms with Gasteiger partial charge in [0.1, 0.15) is 0 Å². The summed E-state index contributed by atoms with van der Waals surface area (Å²) in [6, 6.07) is 3.96. The Hall–Kier alpha value is -0.540. The molecule has 0 spiro atoms. The molecule has 0 aromatic carbocycles. The van der Waals surface area contributed by atoms with E-state index in [1.165, 1.54) is 5.56 Å². The Bertz CT molecular complexity index is 197. The summed E-state index contributed by atoms with van der Waals surface area (Å²) < 4.78 is 0. The van der Waals surface area contributed by atoms with Crippen molar-refractivity contribution < 1.29 is 0 Å². The first-order chi connectivity index (χ1) is 5.38. The zero-order chi connectivity index (χ0) is 8.10. The second-order valence-electron chi connectivity index (χ2n) is 2.40. The van der Waals surface area contributed by atoms with E-state index in [1.807, 2.05) is 12.1 Å². The van der Waals surface area contributed by atoms with Crippen molar-refractivity contribution in [1.82, 2.24) is 4.98 Å². The van der Waals surface area contributed by atoms with Crippen molar-refractivity contribution in [3.63, 3.8) is 0 Å². The van der Waals surface area contributed by atoms with Crippen molar-refractivity contribution in [2.75, 3.05) is 12.3 Å². The van der Waals surface area contributed by atoms with Gasteiger partial charge in [0.25, 0.3) is 0 Å². The second kappa shape index (κ2) is 4.36. The minimum absolute atomic E-state index is 0.362. The van der Waals surface area contributed by atoms with Gasteiger partial charge >= 0.3 is 0 Å². The molecule has 1 unspecified atom stereocenters. The fraction of sp³-hybridized carbons (Fsp3) is 0.375. The molecule has 2 nitrogen and oxygen atoms in total. The molecule has 0 bridgehead atoms. The Labute approximate surface area is 72.2 Å². The molecule has 1 aromatic rings. The van der Waals surface area contributed by atoms with Gasteiger partial charge in [0.15, 0.2) is 0 Å². The van der Waals surface area contributed by atoms with Crippen LogP contribution in [0.25, 0.3) is 0 Å². The third-order valence-electron chi connectivity index (χ3n) is 1.68. The van der Waals surface area contributed by atoms with Crippen molar-refractivity contribution in [3.8, 4) is 0 Å². The first kappa shape index (κ1) is 8.56.